The molecule has 3 heterocycles. The highest BCUT2D eigenvalue weighted by atomic mass is 35.5. The normalized spacial score (nSPS) is 24.1. The number of hydrogen-bond acceptors (Lipinski definition) is 6. The van der Waals surface area contributed by atoms with Gasteiger partial charge in [0.2, 0.25) is 0 Å². The third kappa shape index (κ3) is 3.77. The van der Waals surface area contributed by atoms with E-state index in [-0.39, 0.29) is 22.2 Å². The van der Waals surface area contributed by atoms with E-state index in [1.807, 2.05) is 0 Å². The Morgan fingerprint density at radius 1 is 1.32 bits per heavy atom. The zero-order chi connectivity index (χ0) is 19.9. The Hall–Kier alpha value is -1.28. The number of anilines is 1. The van der Waals surface area contributed by atoms with Crippen LogP contribution in [-0.2, 0) is 0 Å². The van der Waals surface area contributed by atoms with E-state index >= 15 is 0 Å². The van der Waals surface area contributed by atoms with Gasteiger partial charge in [0.15, 0.2) is 5.82 Å². The molecule has 28 heavy (non-hydrogen) atoms. The number of nitrogens with one attached hydrogen (secondary N) is 1. The molecule has 3 N–H and O–H groups in total. The van der Waals surface area contributed by atoms with Crippen LogP contribution in [0.2, 0.25) is 10.2 Å². The molecule has 2 aromatic rings. The highest BCUT2D eigenvalue weighted by Crippen LogP contribution is 2.48. The van der Waals surface area contributed by atoms with Gasteiger partial charge in [-0.25, -0.2) is 9.97 Å². The van der Waals surface area contributed by atoms with Crippen LogP contribution >= 0.6 is 35.0 Å². The van der Waals surface area contributed by atoms with Crippen molar-refractivity contribution in [2.24, 2.45) is 17.1 Å². The van der Waals surface area contributed by atoms with Crippen LogP contribution in [0.15, 0.2) is 33.2 Å². The van der Waals surface area contributed by atoms with E-state index in [1.165, 1.54) is 18.2 Å². The molecule has 0 unspecified atom stereocenters. The number of halogens is 2. The first-order valence-electron chi connectivity index (χ1n) is 9.46. The number of hydrogen-bond donors (Lipinski definition) is 2. The minimum Gasteiger partial charge on any atom is -0.352 e. The average Bonchev–Trinajstić information content (AvgIpc) is 2.93. The number of piperidine rings is 1. The Balaban J connectivity index is 1.47. The van der Waals surface area contributed by atoms with Crippen LogP contribution in [0.5, 0.6) is 0 Å². The zero-order valence-corrected chi connectivity index (χ0v) is 17.9. The molecule has 1 aliphatic carbocycles. The highest BCUT2D eigenvalue weighted by Gasteiger charge is 2.45. The zero-order valence-electron chi connectivity index (χ0n) is 15.6. The van der Waals surface area contributed by atoms with Crippen molar-refractivity contribution in [1.82, 2.24) is 15.0 Å². The van der Waals surface area contributed by atoms with Gasteiger partial charge in [-0.05, 0) is 43.1 Å². The Morgan fingerprint density at radius 2 is 2.07 bits per heavy atom. The van der Waals surface area contributed by atoms with Gasteiger partial charge in [-0.1, -0.05) is 41.9 Å². The van der Waals surface area contributed by atoms with Gasteiger partial charge in [0.25, 0.3) is 5.56 Å². The molecule has 2 atom stereocenters. The van der Waals surface area contributed by atoms with Crippen LogP contribution in [0.4, 0.5) is 5.82 Å². The van der Waals surface area contributed by atoms with Gasteiger partial charge in [0.1, 0.15) is 5.15 Å². The fraction of sp³-hybridized carbons (Fsp3) is 0.526. The molecule has 1 spiro atoms. The molecular weight excluding hydrogens is 417 g/mol. The van der Waals surface area contributed by atoms with E-state index in [1.54, 1.807) is 18.5 Å². The predicted molar refractivity (Wildman–Crippen MR) is 113 cm³/mol. The largest absolute Gasteiger partial charge is 0.352 e. The third-order valence-corrected chi connectivity index (χ3v) is 7.90. The Kier molecular flexibility index (Phi) is 5.62. The molecule has 2 aliphatic rings. The summed E-state index contributed by atoms with van der Waals surface area (Å²) in [5, 5.41) is 1.21. The van der Waals surface area contributed by atoms with E-state index in [4.69, 9.17) is 28.9 Å². The number of nitrogens with two attached hydrogens (primary N) is 1. The minimum atomic E-state index is -0.193. The first kappa shape index (κ1) is 20.0. The van der Waals surface area contributed by atoms with Crippen molar-refractivity contribution in [2.75, 3.05) is 18.0 Å². The summed E-state index contributed by atoms with van der Waals surface area (Å²) in [6, 6.07) is 2.02. The second-order valence-corrected chi connectivity index (χ2v) is 9.74. The summed E-state index contributed by atoms with van der Waals surface area (Å²) in [4.78, 5) is 26.7. The van der Waals surface area contributed by atoms with Gasteiger partial charge in [0.05, 0.1) is 16.2 Å². The van der Waals surface area contributed by atoms with Crippen molar-refractivity contribution in [3.63, 3.8) is 0 Å². The van der Waals surface area contributed by atoms with E-state index in [2.05, 4.69) is 26.8 Å². The van der Waals surface area contributed by atoms with Crippen molar-refractivity contribution < 1.29 is 0 Å². The monoisotopic (exact) mass is 439 g/mol. The molecular formula is C19H23Cl2N5OS. The SMILES string of the molecule is C[C@H]1C[C@@H](N)C2(CCN(c3ncc(Sc4ccnc(Cl)c4Cl)[nH]c3=O)CC2)C1. The third-order valence-electron chi connectivity index (χ3n) is 6.03. The standard InChI is InChI=1S/C19H23Cl2N5OS/c1-11-8-13(22)19(9-11)3-6-26(7-4-19)17-18(27)25-14(10-24-17)28-12-2-5-23-16(21)15(12)20/h2,5,10-11,13H,3-4,6-9,22H2,1H3,(H,25,27)/t11-,13+/m0/s1. The summed E-state index contributed by atoms with van der Waals surface area (Å²) >= 11 is 13.4. The number of aromatic nitrogens is 3. The maximum Gasteiger partial charge on any atom is 0.291 e. The van der Waals surface area contributed by atoms with Gasteiger partial charge in [-0.2, -0.15) is 0 Å². The summed E-state index contributed by atoms with van der Waals surface area (Å²) in [6.45, 7) is 3.91. The molecule has 150 valence electrons. The number of aromatic amines is 1. The first-order chi connectivity index (χ1) is 13.4. The van der Waals surface area contributed by atoms with Gasteiger partial charge >= 0.3 is 0 Å². The molecule has 1 aliphatic heterocycles. The van der Waals surface area contributed by atoms with E-state index in [0.717, 1.165) is 37.2 Å². The highest BCUT2D eigenvalue weighted by molar-refractivity contribution is 7.99. The Labute approximate surface area is 178 Å². The summed E-state index contributed by atoms with van der Waals surface area (Å²) < 4.78 is 0. The Morgan fingerprint density at radius 3 is 2.71 bits per heavy atom. The fourth-order valence-corrected chi connectivity index (χ4v) is 5.85. The lowest BCUT2D eigenvalue weighted by atomic mass is 9.74. The molecule has 2 aromatic heterocycles. The fourth-order valence-electron chi connectivity index (χ4n) is 4.61. The summed E-state index contributed by atoms with van der Waals surface area (Å²) in [5.74, 6) is 1.16. The van der Waals surface area contributed by atoms with Crippen molar-refractivity contribution in [2.45, 2.75) is 48.6 Å². The van der Waals surface area contributed by atoms with E-state index < -0.39 is 0 Å². The van der Waals surface area contributed by atoms with Crippen LogP contribution in [0, 0.1) is 11.3 Å². The number of H-pyrrole nitrogens is 1. The molecule has 6 nitrogen and oxygen atoms in total. The minimum absolute atomic E-state index is 0.193. The second-order valence-electron chi connectivity index (χ2n) is 7.92. The molecule has 4 rings (SSSR count). The van der Waals surface area contributed by atoms with E-state index in [0.29, 0.717) is 21.8 Å². The van der Waals surface area contributed by atoms with Crippen LogP contribution in [-0.4, -0.2) is 34.1 Å². The molecule has 0 amide bonds. The number of pyridine rings is 1. The first-order valence-corrected chi connectivity index (χ1v) is 11.0. The van der Waals surface area contributed by atoms with Crippen LogP contribution in [0.25, 0.3) is 0 Å². The van der Waals surface area contributed by atoms with Crippen LogP contribution < -0.4 is 16.2 Å². The molecule has 1 saturated heterocycles. The van der Waals surface area contributed by atoms with Gasteiger partial charge in [0, 0.05) is 30.2 Å². The summed E-state index contributed by atoms with van der Waals surface area (Å²) in [7, 11) is 0. The molecule has 0 bridgehead atoms. The predicted octanol–water partition coefficient (Wildman–Crippen LogP) is 3.97. The van der Waals surface area contributed by atoms with Gasteiger partial charge < -0.3 is 15.6 Å². The van der Waals surface area contributed by atoms with Crippen molar-refractivity contribution >= 4 is 40.8 Å². The lowest BCUT2D eigenvalue weighted by molar-refractivity contribution is 0.192. The molecule has 0 radical (unpaired) electrons. The van der Waals surface area contributed by atoms with Crippen molar-refractivity contribution in [3.8, 4) is 0 Å². The summed E-state index contributed by atoms with van der Waals surface area (Å²) in [5.41, 5.74) is 6.47. The maximum absolute atomic E-state index is 12.6. The van der Waals surface area contributed by atoms with Crippen molar-refractivity contribution in [1.29, 1.82) is 0 Å². The number of nitrogens with zero attached hydrogens (tertiary/aromatic N) is 3. The topological polar surface area (TPSA) is 87.9 Å². The second kappa shape index (κ2) is 7.86. The molecule has 0 aromatic carbocycles. The van der Waals surface area contributed by atoms with E-state index in [9.17, 15) is 4.79 Å². The lowest BCUT2D eigenvalue weighted by Gasteiger charge is -2.42. The number of rotatable bonds is 3. The quantitative estimate of drug-likeness (QED) is 0.703. The molecule has 1 saturated carbocycles. The summed E-state index contributed by atoms with van der Waals surface area (Å²) in [6.07, 6.45) is 7.57. The average molecular weight is 440 g/mol. The molecule has 9 heteroatoms. The smallest absolute Gasteiger partial charge is 0.291 e. The Bertz CT molecular complexity index is 929. The maximum atomic E-state index is 12.6. The van der Waals surface area contributed by atoms with Gasteiger partial charge in [-0.3, -0.25) is 4.79 Å². The van der Waals surface area contributed by atoms with Crippen LogP contribution in [0.3, 0.4) is 0 Å². The van der Waals surface area contributed by atoms with Crippen LogP contribution in [0.1, 0.15) is 32.6 Å². The lowest BCUT2D eigenvalue weighted by Crippen LogP contribution is -2.48. The van der Waals surface area contributed by atoms with Gasteiger partial charge in [-0.15, -0.1) is 0 Å². The molecule has 2 fully saturated rings. The van der Waals surface area contributed by atoms with Crippen molar-refractivity contribution in [3.05, 3.63) is 39.0 Å².